The van der Waals surface area contributed by atoms with E-state index in [9.17, 15) is 9.90 Å². The van der Waals surface area contributed by atoms with Gasteiger partial charge in [-0.25, -0.2) is 0 Å². The molecule has 6 heteroatoms. The highest BCUT2D eigenvalue weighted by Crippen LogP contribution is 2.14. The molecule has 0 aliphatic carbocycles. The van der Waals surface area contributed by atoms with E-state index >= 15 is 0 Å². The fourth-order valence-electron chi connectivity index (χ4n) is 2.83. The van der Waals surface area contributed by atoms with Crippen LogP contribution in [0.1, 0.15) is 24.5 Å². The zero-order chi connectivity index (χ0) is 20.4. The molecule has 1 unspecified atom stereocenters. The number of aliphatic hydroxyl groups excluding tert-OH is 1. The lowest BCUT2D eigenvalue weighted by atomic mass is 10.2. The van der Waals surface area contributed by atoms with Crippen molar-refractivity contribution in [3.05, 3.63) is 59.7 Å². The molecule has 28 heavy (non-hydrogen) atoms. The Labute approximate surface area is 166 Å². The third-order valence-corrected chi connectivity index (χ3v) is 4.22. The maximum absolute atomic E-state index is 12.4. The quantitative estimate of drug-likeness (QED) is 0.661. The van der Waals surface area contributed by atoms with Crippen LogP contribution in [0.5, 0.6) is 5.75 Å². The molecule has 2 aromatic carbocycles. The summed E-state index contributed by atoms with van der Waals surface area (Å²) in [6, 6.07) is 16.4. The fourth-order valence-corrected chi connectivity index (χ4v) is 2.83. The van der Waals surface area contributed by atoms with Crippen molar-refractivity contribution in [2.24, 2.45) is 0 Å². The third-order valence-electron chi connectivity index (χ3n) is 4.22. The number of carbonyl (C=O) groups is 1. The molecule has 0 aromatic heterocycles. The summed E-state index contributed by atoms with van der Waals surface area (Å²) >= 11 is 0. The first-order valence-corrected chi connectivity index (χ1v) is 9.40. The molecule has 0 aliphatic heterocycles. The molecule has 0 spiro atoms. The number of hydrogen-bond donors (Lipinski definition) is 2. The Balaban J connectivity index is 1.84. The van der Waals surface area contributed by atoms with E-state index < -0.39 is 6.10 Å². The molecule has 0 saturated carbocycles. The standard InChI is InChI=1S/C22H27N3O3/c1-3-12-25(15-22(27)24-21-7-5-4-6-17(21)2)14-19(26)16-28-20-10-8-18(13-23)9-11-20/h4-11,19,26H,3,12,14-16H2,1-2H3,(H,24,27). The molecule has 1 amide bonds. The van der Waals surface area contributed by atoms with Crippen LogP contribution in [0.3, 0.4) is 0 Å². The second-order valence-corrected chi connectivity index (χ2v) is 6.70. The molecule has 0 aliphatic rings. The molecule has 0 saturated heterocycles. The van der Waals surface area contributed by atoms with Crippen molar-refractivity contribution in [2.75, 3.05) is 31.6 Å². The molecule has 148 valence electrons. The van der Waals surface area contributed by atoms with Crippen molar-refractivity contribution < 1.29 is 14.6 Å². The smallest absolute Gasteiger partial charge is 0.238 e. The van der Waals surface area contributed by atoms with E-state index in [1.54, 1.807) is 24.3 Å². The van der Waals surface area contributed by atoms with Gasteiger partial charge in [-0.15, -0.1) is 0 Å². The zero-order valence-corrected chi connectivity index (χ0v) is 16.4. The van der Waals surface area contributed by atoms with E-state index in [4.69, 9.17) is 10.00 Å². The average Bonchev–Trinajstić information content (AvgIpc) is 2.68. The van der Waals surface area contributed by atoms with E-state index in [-0.39, 0.29) is 19.1 Å². The van der Waals surface area contributed by atoms with Gasteiger partial charge in [0.15, 0.2) is 0 Å². The van der Waals surface area contributed by atoms with Crippen molar-refractivity contribution in [3.63, 3.8) is 0 Å². The topological polar surface area (TPSA) is 85.6 Å². The van der Waals surface area contributed by atoms with Crippen LogP contribution in [0, 0.1) is 18.3 Å². The summed E-state index contributed by atoms with van der Waals surface area (Å²) in [7, 11) is 0. The number of nitrogens with zero attached hydrogens (tertiary/aromatic N) is 2. The Morgan fingerprint density at radius 1 is 1.25 bits per heavy atom. The summed E-state index contributed by atoms with van der Waals surface area (Å²) in [5, 5.41) is 22.0. The predicted octanol–water partition coefficient (Wildman–Crippen LogP) is 2.96. The van der Waals surface area contributed by atoms with Crippen LogP contribution in [0.2, 0.25) is 0 Å². The van der Waals surface area contributed by atoms with Crippen LogP contribution in [0.25, 0.3) is 0 Å². The summed E-state index contributed by atoms with van der Waals surface area (Å²) < 4.78 is 5.58. The lowest BCUT2D eigenvalue weighted by Crippen LogP contribution is -2.40. The van der Waals surface area contributed by atoms with Crippen molar-refractivity contribution >= 4 is 11.6 Å². The van der Waals surface area contributed by atoms with Gasteiger partial charge < -0.3 is 15.2 Å². The van der Waals surface area contributed by atoms with E-state index in [1.165, 1.54) is 0 Å². The number of carbonyl (C=O) groups excluding carboxylic acids is 1. The largest absolute Gasteiger partial charge is 0.491 e. The molecule has 0 heterocycles. The molecule has 2 N–H and O–H groups in total. The van der Waals surface area contributed by atoms with Crippen LogP contribution >= 0.6 is 0 Å². The van der Waals surface area contributed by atoms with E-state index in [0.29, 0.717) is 24.4 Å². The average molecular weight is 381 g/mol. The Hall–Kier alpha value is -2.88. The minimum absolute atomic E-state index is 0.108. The second kappa shape index (κ2) is 11.1. The minimum atomic E-state index is -0.728. The van der Waals surface area contributed by atoms with E-state index in [1.807, 2.05) is 49.1 Å². The van der Waals surface area contributed by atoms with Crippen molar-refractivity contribution in [1.29, 1.82) is 5.26 Å². The molecule has 2 rings (SSSR count). The van der Waals surface area contributed by atoms with Crippen molar-refractivity contribution in [3.8, 4) is 11.8 Å². The van der Waals surface area contributed by atoms with Crippen LogP contribution in [0.15, 0.2) is 48.5 Å². The van der Waals surface area contributed by atoms with Crippen LogP contribution < -0.4 is 10.1 Å². The predicted molar refractivity (Wildman–Crippen MR) is 109 cm³/mol. The van der Waals surface area contributed by atoms with Crippen LogP contribution in [-0.4, -0.2) is 48.3 Å². The minimum Gasteiger partial charge on any atom is -0.491 e. The van der Waals surface area contributed by atoms with Gasteiger partial charge in [0.1, 0.15) is 18.5 Å². The number of anilines is 1. The molecular weight excluding hydrogens is 354 g/mol. The molecule has 6 nitrogen and oxygen atoms in total. The van der Waals surface area contributed by atoms with Gasteiger partial charge in [-0.05, 0) is 55.8 Å². The van der Waals surface area contributed by atoms with Gasteiger partial charge >= 0.3 is 0 Å². The van der Waals surface area contributed by atoms with Gasteiger partial charge in [-0.2, -0.15) is 5.26 Å². The number of amides is 1. The number of aliphatic hydroxyl groups is 1. The fraction of sp³-hybridized carbons (Fsp3) is 0.364. The maximum Gasteiger partial charge on any atom is 0.238 e. The summed E-state index contributed by atoms with van der Waals surface area (Å²) in [6.07, 6.45) is 0.148. The first-order valence-electron chi connectivity index (χ1n) is 9.40. The number of ether oxygens (including phenoxy) is 1. The first kappa shape index (κ1) is 21.4. The Morgan fingerprint density at radius 2 is 1.96 bits per heavy atom. The summed E-state index contributed by atoms with van der Waals surface area (Å²) in [6.45, 7) is 5.34. The monoisotopic (exact) mass is 381 g/mol. The Kier molecular flexibility index (Phi) is 8.47. The van der Waals surface area contributed by atoms with Crippen molar-refractivity contribution in [2.45, 2.75) is 26.4 Å². The van der Waals surface area contributed by atoms with Gasteiger partial charge in [-0.1, -0.05) is 25.1 Å². The zero-order valence-electron chi connectivity index (χ0n) is 16.4. The molecule has 0 fully saturated rings. The summed E-state index contributed by atoms with van der Waals surface area (Å²) in [5.74, 6) is 0.486. The number of benzene rings is 2. The van der Waals surface area contributed by atoms with E-state index in [2.05, 4.69) is 5.32 Å². The first-order chi connectivity index (χ1) is 13.5. The van der Waals surface area contributed by atoms with Gasteiger partial charge in [0, 0.05) is 12.2 Å². The second-order valence-electron chi connectivity index (χ2n) is 6.70. The Bertz CT molecular complexity index is 799. The van der Waals surface area contributed by atoms with Crippen LogP contribution in [0.4, 0.5) is 5.69 Å². The van der Waals surface area contributed by atoms with Gasteiger partial charge in [-0.3, -0.25) is 9.69 Å². The normalized spacial score (nSPS) is 11.7. The number of aryl methyl sites for hydroxylation is 1. The highest BCUT2D eigenvalue weighted by Gasteiger charge is 2.16. The molecule has 0 bridgehead atoms. The van der Waals surface area contributed by atoms with Gasteiger partial charge in [0.25, 0.3) is 0 Å². The van der Waals surface area contributed by atoms with Gasteiger partial charge in [0.05, 0.1) is 18.2 Å². The molecule has 1 atom stereocenters. The summed E-state index contributed by atoms with van der Waals surface area (Å²) in [5.41, 5.74) is 2.36. The number of hydrogen-bond acceptors (Lipinski definition) is 5. The highest BCUT2D eigenvalue weighted by molar-refractivity contribution is 5.92. The lowest BCUT2D eigenvalue weighted by Gasteiger charge is -2.24. The molecule has 0 radical (unpaired) electrons. The van der Waals surface area contributed by atoms with Crippen LogP contribution in [-0.2, 0) is 4.79 Å². The number of para-hydroxylation sites is 1. The van der Waals surface area contributed by atoms with Gasteiger partial charge in [0.2, 0.25) is 5.91 Å². The van der Waals surface area contributed by atoms with Crippen molar-refractivity contribution in [1.82, 2.24) is 4.90 Å². The summed E-state index contributed by atoms with van der Waals surface area (Å²) in [4.78, 5) is 14.3. The van der Waals surface area contributed by atoms with E-state index in [0.717, 1.165) is 17.7 Å². The Morgan fingerprint density at radius 3 is 2.61 bits per heavy atom. The highest BCUT2D eigenvalue weighted by atomic mass is 16.5. The SMILES string of the molecule is CCCN(CC(=O)Nc1ccccc1C)CC(O)COc1ccc(C#N)cc1. The number of rotatable bonds is 10. The molecule has 2 aromatic rings. The lowest BCUT2D eigenvalue weighted by molar-refractivity contribution is -0.117. The number of nitriles is 1. The maximum atomic E-state index is 12.4. The third kappa shape index (κ3) is 7.03. The molecular formula is C22H27N3O3. The number of nitrogens with one attached hydrogen (secondary N) is 1.